The molecule has 0 aromatic heterocycles. The molecule has 0 saturated carbocycles. The van der Waals surface area contributed by atoms with Crippen LogP contribution in [0.5, 0.6) is 0 Å². The number of hydrogen-bond acceptors (Lipinski definition) is 5. The van der Waals surface area contributed by atoms with E-state index < -0.39 is 11.0 Å². The third-order valence-corrected chi connectivity index (χ3v) is 7.74. The fourth-order valence-electron chi connectivity index (χ4n) is 5.61. The average molecular weight is 544 g/mol. The maximum absolute atomic E-state index is 14.0. The minimum Gasteiger partial charge on any atom is -0.357 e. The van der Waals surface area contributed by atoms with Crippen molar-refractivity contribution in [2.45, 2.75) is 57.4 Å². The SMILES string of the molecule is CCCCCC(=O)N1c2ccccc2NC2=C(C(=O)C[C@H](c3ccc(Cl)cc3)C2)[C@H]1c1cccc([N+](=O)[O-])c1. The molecule has 1 aliphatic carbocycles. The molecular weight excluding hydrogens is 514 g/mol. The van der Waals surface area contributed by atoms with E-state index in [4.69, 9.17) is 11.6 Å². The molecule has 7 nitrogen and oxygen atoms in total. The molecule has 1 N–H and O–H groups in total. The van der Waals surface area contributed by atoms with E-state index >= 15 is 0 Å². The molecule has 0 saturated heterocycles. The number of carbonyl (C=O) groups excluding carboxylic acids is 2. The minimum atomic E-state index is -0.788. The number of hydrogen-bond donors (Lipinski definition) is 1. The van der Waals surface area contributed by atoms with E-state index in [1.54, 1.807) is 17.0 Å². The first-order valence-corrected chi connectivity index (χ1v) is 13.7. The monoisotopic (exact) mass is 543 g/mol. The van der Waals surface area contributed by atoms with E-state index in [9.17, 15) is 19.7 Å². The second-order valence-corrected chi connectivity index (χ2v) is 10.5. The molecule has 1 amide bonds. The number of amides is 1. The third-order valence-electron chi connectivity index (χ3n) is 7.49. The number of nitro benzene ring substituents is 1. The average Bonchev–Trinajstić information content (AvgIpc) is 3.08. The zero-order valence-corrected chi connectivity index (χ0v) is 22.5. The smallest absolute Gasteiger partial charge is 0.269 e. The lowest BCUT2D eigenvalue weighted by molar-refractivity contribution is -0.384. The molecule has 2 aliphatic rings. The lowest BCUT2D eigenvalue weighted by Crippen LogP contribution is -2.38. The second-order valence-electron chi connectivity index (χ2n) is 10.1. The summed E-state index contributed by atoms with van der Waals surface area (Å²) >= 11 is 6.11. The molecular formula is C31H30ClN3O4. The van der Waals surface area contributed by atoms with Crippen molar-refractivity contribution < 1.29 is 14.5 Å². The molecule has 200 valence electrons. The van der Waals surface area contributed by atoms with E-state index in [0.29, 0.717) is 34.7 Å². The zero-order valence-electron chi connectivity index (χ0n) is 21.7. The molecule has 2 atom stereocenters. The largest absolute Gasteiger partial charge is 0.357 e. The van der Waals surface area contributed by atoms with Crippen LogP contribution in [0.25, 0.3) is 0 Å². The van der Waals surface area contributed by atoms with Crippen LogP contribution in [0, 0.1) is 10.1 Å². The Kier molecular flexibility index (Phi) is 7.79. The molecule has 1 heterocycles. The van der Waals surface area contributed by atoms with Crippen LogP contribution in [0.4, 0.5) is 17.1 Å². The highest BCUT2D eigenvalue weighted by Gasteiger charge is 2.41. The van der Waals surface area contributed by atoms with Crippen molar-refractivity contribution in [1.29, 1.82) is 0 Å². The van der Waals surface area contributed by atoms with Gasteiger partial charge in [-0.3, -0.25) is 24.6 Å². The van der Waals surface area contributed by atoms with Crippen molar-refractivity contribution in [2.24, 2.45) is 0 Å². The zero-order chi connectivity index (χ0) is 27.5. The number of anilines is 2. The predicted molar refractivity (Wildman–Crippen MR) is 153 cm³/mol. The van der Waals surface area contributed by atoms with Gasteiger partial charge in [0.1, 0.15) is 0 Å². The number of nitrogens with zero attached hydrogens (tertiary/aromatic N) is 2. The standard InChI is InChI=1S/C31H30ClN3O4/c1-2-3-4-12-29(37)34-27-11-6-5-10-25(27)33-26-18-22(20-13-15-23(32)16-14-20)19-28(36)30(26)31(34)21-8-7-9-24(17-21)35(38)39/h5-11,13-17,22,31,33H,2-4,12,18-19H2,1H3/t22-,31-/m1/s1. The summed E-state index contributed by atoms with van der Waals surface area (Å²) in [6.07, 6.45) is 3.75. The number of ketones is 1. The Morgan fingerprint density at radius 2 is 1.79 bits per heavy atom. The summed E-state index contributed by atoms with van der Waals surface area (Å²) < 4.78 is 0. The molecule has 3 aromatic rings. The number of para-hydroxylation sites is 2. The van der Waals surface area contributed by atoms with E-state index in [0.717, 1.165) is 36.2 Å². The van der Waals surface area contributed by atoms with Crippen LogP contribution in [0.3, 0.4) is 0 Å². The minimum absolute atomic E-state index is 0.0641. The maximum atomic E-state index is 14.0. The second kappa shape index (κ2) is 11.4. The number of carbonyl (C=O) groups is 2. The van der Waals surface area contributed by atoms with Crippen LogP contribution in [-0.4, -0.2) is 16.6 Å². The van der Waals surface area contributed by atoms with Gasteiger partial charge in [-0.2, -0.15) is 0 Å². The van der Waals surface area contributed by atoms with E-state index in [-0.39, 0.29) is 29.7 Å². The van der Waals surface area contributed by atoms with Crippen molar-refractivity contribution in [3.05, 3.63) is 110 Å². The van der Waals surface area contributed by atoms with Gasteiger partial charge in [0.15, 0.2) is 5.78 Å². The first-order chi connectivity index (χ1) is 18.9. The lowest BCUT2D eigenvalue weighted by Gasteiger charge is -2.35. The summed E-state index contributed by atoms with van der Waals surface area (Å²) in [7, 11) is 0. The Morgan fingerprint density at radius 3 is 2.54 bits per heavy atom. The number of Topliss-reactive ketones (excluding diaryl/α,β-unsaturated/α-hetero) is 1. The fraction of sp³-hybridized carbons (Fsp3) is 0.290. The van der Waals surface area contributed by atoms with Crippen molar-refractivity contribution in [2.75, 3.05) is 10.2 Å². The number of fused-ring (bicyclic) bond motifs is 1. The van der Waals surface area contributed by atoms with Gasteiger partial charge in [-0.15, -0.1) is 0 Å². The van der Waals surface area contributed by atoms with Crippen LogP contribution < -0.4 is 10.2 Å². The molecule has 0 unspecified atom stereocenters. The molecule has 8 heteroatoms. The van der Waals surface area contributed by atoms with Crippen LogP contribution in [0.1, 0.15) is 68.5 Å². The van der Waals surface area contributed by atoms with Gasteiger partial charge in [-0.1, -0.05) is 67.8 Å². The van der Waals surface area contributed by atoms with Crippen molar-refractivity contribution in [3.8, 4) is 0 Å². The molecule has 1 aliphatic heterocycles. The quantitative estimate of drug-likeness (QED) is 0.187. The fourth-order valence-corrected chi connectivity index (χ4v) is 5.73. The van der Waals surface area contributed by atoms with Gasteiger partial charge in [0.05, 0.1) is 22.3 Å². The molecule has 39 heavy (non-hydrogen) atoms. The number of rotatable bonds is 7. The highest BCUT2D eigenvalue weighted by atomic mass is 35.5. The molecule has 3 aromatic carbocycles. The van der Waals surface area contributed by atoms with Gasteiger partial charge < -0.3 is 5.32 Å². The normalized spacial score (nSPS) is 18.6. The number of non-ortho nitro benzene ring substituents is 1. The lowest BCUT2D eigenvalue weighted by atomic mass is 9.78. The number of halogens is 1. The Bertz CT molecular complexity index is 1450. The van der Waals surface area contributed by atoms with Gasteiger partial charge in [0.25, 0.3) is 5.69 Å². The Morgan fingerprint density at radius 1 is 1.03 bits per heavy atom. The number of unbranched alkanes of at least 4 members (excludes halogenated alkanes) is 2. The Hall–Kier alpha value is -3.97. The number of allylic oxidation sites excluding steroid dienone is 1. The highest BCUT2D eigenvalue weighted by molar-refractivity contribution is 6.30. The number of nitro groups is 1. The Balaban J connectivity index is 1.68. The predicted octanol–water partition coefficient (Wildman–Crippen LogP) is 7.73. The van der Waals surface area contributed by atoms with Gasteiger partial charge in [-0.05, 0) is 54.2 Å². The maximum Gasteiger partial charge on any atom is 0.269 e. The molecule has 0 fully saturated rings. The van der Waals surface area contributed by atoms with E-state index in [2.05, 4.69) is 12.2 Å². The van der Waals surface area contributed by atoms with Crippen LogP contribution in [0.15, 0.2) is 84.1 Å². The van der Waals surface area contributed by atoms with Crippen molar-refractivity contribution in [1.82, 2.24) is 0 Å². The van der Waals surface area contributed by atoms with Gasteiger partial charge in [0.2, 0.25) is 5.91 Å². The molecule has 0 bridgehead atoms. The summed E-state index contributed by atoms with van der Waals surface area (Å²) in [6, 6.07) is 20.5. The summed E-state index contributed by atoms with van der Waals surface area (Å²) in [4.78, 5) is 40.8. The third kappa shape index (κ3) is 5.45. The van der Waals surface area contributed by atoms with Gasteiger partial charge in [0, 0.05) is 41.3 Å². The summed E-state index contributed by atoms with van der Waals surface area (Å²) in [5.74, 6) is -0.263. The number of nitrogens with one attached hydrogen (secondary N) is 1. The summed E-state index contributed by atoms with van der Waals surface area (Å²) in [5, 5.41) is 15.8. The summed E-state index contributed by atoms with van der Waals surface area (Å²) in [6.45, 7) is 2.08. The summed E-state index contributed by atoms with van der Waals surface area (Å²) in [5.41, 5.74) is 4.07. The van der Waals surface area contributed by atoms with E-state index in [1.807, 2.05) is 48.5 Å². The molecule has 0 spiro atoms. The topological polar surface area (TPSA) is 92.6 Å². The highest BCUT2D eigenvalue weighted by Crippen LogP contribution is 2.48. The molecule has 5 rings (SSSR count). The van der Waals surface area contributed by atoms with Gasteiger partial charge in [-0.25, -0.2) is 0 Å². The molecule has 0 radical (unpaired) electrons. The van der Waals surface area contributed by atoms with E-state index in [1.165, 1.54) is 12.1 Å². The van der Waals surface area contributed by atoms with Crippen LogP contribution in [-0.2, 0) is 9.59 Å². The first-order valence-electron chi connectivity index (χ1n) is 13.3. The first kappa shape index (κ1) is 26.6. The Labute approximate surface area is 232 Å². The van der Waals surface area contributed by atoms with Gasteiger partial charge >= 0.3 is 0 Å². The van der Waals surface area contributed by atoms with Crippen LogP contribution in [0.2, 0.25) is 5.02 Å². The van der Waals surface area contributed by atoms with Crippen molar-refractivity contribution in [3.63, 3.8) is 0 Å². The number of benzene rings is 3. The van der Waals surface area contributed by atoms with Crippen molar-refractivity contribution >= 4 is 40.4 Å². The van der Waals surface area contributed by atoms with Crippen LogP contribution >= 0.6 is 11.6 Å².